The minimum atomic E-state index is -0.498. The Balaban J connectivity index is 1.63. The van der Waals surface area contributed by atoms with Crippen molar-refractivity contribution in [3.05, 3.63) is 22.9 Å². The number of carbonyl (C=O) groups excluding carboxylic acids is 1. The van der Waals surface area contributed by atoms with Gasteiger partial charge in [0.2, 0.25) is 0 Å². The van der Waals surface area contributed by atoms with Crippen molar-refractivity contribution in [1.82, 2.24) is 10.6 Å². The van der Waals surface area contributed by atoms with E-state index in [2.05, 4.69) is 16.7 Å². The Hall–Kier alpha value is -1.58. The molecule has 1 unspecified atom stereocenters. The summed E-state index contributed by atoms with van der Waals surface area (Å²) in [4.78, 5) is 17.1. The summed E-state index contributed by atoms with van der Waals surface area (Å²) in [6.45, 7) is 0. The minimum Gasteiger partial charge on any atom is -0.391 e. The van der Waals surface area contributed by atoms with E-state index in [1.165, 1.54) is 29.7 Å². The second-order valence-electron chi connectivity index (χ2n) is 6.16. The summed E-state index contributed by atoms with van der Waals surface area (Å²) in [5, 5.41) is 6.27. The first kappa shape index (κ1) is 11.3. The fourth-order valence-corrected chi connectivity index (χ4v) is 3.47. The molecule has 19 heavy (non-hydrogen) atoms. The van der Waals surface area contributed by atoms with Crippen molar-refractivity contribution in [2.45, 2.75) is 44.1 Å². The summed E-state index contributed by atoms with van der Waals surface area (Å²) in [5.74, 6) is 1.62. The van der Waals surface area contributed by atoms with Crippen LogP contribution in [0.5, 0.6) is 0 Å². The van der Waals surface area contributed by atoms with Crippen molar-refractivity contribution in [2.75, 3.05) is 7.05 Å². The van der Waals surface area contributed by atoms with Crippen LogP contribution in [0.25, 0.3) is 0 Å². The predicted molar refractivity (Wildman–Crippen MR) is 73.7 cm³/mol. The fourth-order valence-electron chi connectivity index (χ4n) is 3.47. The maximum Gasteiger partial charge on any atom is 0.253 e. The molecule has 1 fully saturated rings. The minimum absolute atomic E-state index is 0.128. The third kappa shape index (κ3) is 1.66. The highest BCUT2D eigenvalue weighted by Crippen LogP contribution is 2.46. The average molecular weight is 257 g/mol. The molecule has 0 aromatic rings. The molecule has 3 aliphatic carbocycles. The van der Waals surface area contributed by atoms with E-state index < -0.39 is 5.54 Å². The van der Waals surface area contributed by atoms with E-state index in [0.29, 0.717) is 5.92 Å². The highest BCUT2D eigenvalue weighted by Gasteiger charge is 2.50. The van der Waals surface area contributed by atoms with Gasteiger partial charge in [0.05, 0.1) is 0 Å². The number of nitrogens with one attached hydrogen (secondary N) is 2. The second kappa shape index (κ2) is 3.71. The summed E-state index contributed by atoms with van der Waals surface area (Å²) in [5.41, 5.74) is 3.56. The Morgan fingerprint density at radius 3 is 2.95 bits per heavy atom. The van der Waals surface area contributed by atoms with Crippen LogP contribution in [-0.2, 0) is 4.79 Å². The molecule has 0 radical (unpaired) electrons. The Morgan fingerprint density at radius 2 is 2.21 bits per heavy atom. The predicted octanol–water partition coefficient (Wildman–Crippen LogP) is 1.65. The topological polar surface area (TPSA) is 53.5 Å². The number of amides is 1. The Kier molecular flexibility index (Phi) is 2.20. The van der Waals surface area contributed by atoms with Crippen LogP contribution in [-0.4, -0.2) is 24.3 Å². The SMILES string of the molecule is CNC1=CC2=C(CC1)CC1(C2)N=C(C2CC2)NC1=O. The first-order chi connectivity index (χ1) is 9.20. The lowest BCUT2D eigenvalue weighted by molar-refractivity contribution is -0.123. The van der Waals surface area contributed by atoms with Gasteiger partial charge in [0.1, 0.15) is 11.4 Å². The summed E-state index contributed by atoms with van der Waals surface area (Å²) >= 11 is 0. The van der Waals surface area contributed by atoms with Crippen LogP contribution < -0.4 is 10.6 Å². The van der Waals surface area contributed by atoms with Gasteiger partial charge in [-0.25, -0.2) is 0 Å². The molecule has 1 heterocycles. The summed E-state index contributed by atoms with van der Waals surface area (Å²) in [6.07, 6.45) is 8.36. The molecule has 4 heteroatoms. The molecule has 1 spiro atoms. The van der Waals surface area contributed by atoms with E-state index in [0.717, 1.165) is 31.5 Å². The largest absolute Gasteiger partial charge is 0.391 e. The number of aliphatic imine (C=N–C) groups is 1. The van der Waals surface area contributed by atoms with Gasteiger partial charge in [-0.15, -0.1) is 0 Å². The molecule has 1 aliphatic heterocycles. The number of allylic oxidation sites excluding steroid dienone is 2. The molecule has 4 nitrogen and oxygen atoms in total. The van der Waals surface area contributed by atoms with Gasteiger partial charge in [0.25, 0.3) is 5.91 Å². The van der Waals surface area contributed by atoms with E-state index in [-0.39, 0.29) is 5.91 Å². The quantitative estimate of drug-likeness (QED) is 0.790. The van der Waals surface area contributed by atoms with Gasteiger partial charge in [-0.2, -0.15) is 0 Å². The number of hydrogen-bond acceptors (Lipinski definition) is 3. The maximum atomic E-state index is 12.3. The van der Waals surface area contributed by atoms with Crippen molar-refractivity contribution < 1.29 is 4.79 Å². The monoisotopic (exact) mass is 257 g/mol. The molecule has 1 atom stereocenters. The third-order valence-corrected chi connectivity index (χ3v) is 4.77. The number of nitrogens with zero attached hydrogens (tertiary/aromatic N) is 1. The van der Waals surface area contributed by atoms with Crippen LogP contribution in [0.15, 0.2) is 27.9 Å². The third-order valence-electron chi connectivity index (χ3n) is 4.77. The normalized spacial score (nSPS) is 33.2. The van der Waals surface area contributed by atoms with Crippen LogP contribution in [0.4, 0.5) is 0 Å². The smallest absolute Gasteiger partial charge is 0.253 e. The van der Waals surface area contributed by atoms with Gasteiger partial charge in [-0.3, -0.25) is 9.79 Å². The molecule has 1 saturated carbocycles. The zero-order chi connectivity index (χ0) is 13.0. The van der Waals surface area contributed by atoms with Gasteiger partial charge in [0, 0.05) is 31.5 Å². The van der Waals surface area contributed by atoms with Gasteiger partial charge in [-0.1, -0.05) is 5.57 Å². The number of carbonyl (C=O) groups is 1. The zero-order valence-corrected chi connectivity index (χ0v) is 11.3. The van der Waals surface area contributed by atoms with Crippen LogP contribution in [0.2, 0.25) is 0 Å². The molecule has 4 aliphatic rings. The van der Waals surface area contributed by atoms with Crippen molar-refractivity contribution >= 4 is 11.7 Å². The summed E-state index contributed by atoms with van der Waals surface area (Å²) in [6, 6.07) is 0. The van der Waals surface area contributed by atoms with Gasteiger partial charge in [-0.05, 0) is 37.3 Å². The molecule has 0 aromatic heterocycles. The van der Waals surface area contributed by atoms with E-state index >= 15 is 0 Å². The second-order valence-corrected chi connectivity index (χ2v) is 6.16. The number of amidine groups is 1. The van der Waals surface area contributed by atoms with Gasteiger partial charge >= 0.3 is 0 Å². The van der Waals surface area contributed by atoms with Gasteiger partial charge in [0.15, 0.2) is 0 Å². The van der Waals surface area contributed by atoms with Crippen molar-refractivity contribution in [3.63, 3.8) is 0 Å². The highest BCUT2D eigenvalue weighted by molar-refractivity contribution is 6.10. The summed E-state index contributed by atoms with van der Waals surface area (Å²) in [7, 11) is 1.97. The fraction of sp³-hybridized carbons (Fsp3) is 0.600. The molecule has 0 bridgehead atoms. The lowest BCUT2D eigenvalue weighted by atomic mass is 9.95. The maximum absolute atomic E-state index is 12.3. The Labute approximate surface area is 113 Å². The number of hydrogen-bond donors (Lipinski definition) is 2. The van der Waals surface area contributed by atoms with E-state index in [1.807, 2.05) is 7.05 Å². The lowest BCUT2D eigenvalue weighted by Crippen LogP contribution is -2.38. The average Bonchev–Trinajstić information content (AvgIpc) is 3.12. The van der Waals surface area contributed by atoms with E-state index in [4.69, 9.17) is 4.99 Å². The number of rotatable bonds is 2. The molecule has 0 saturated heterocycles. The molecular formula is C15H19N3O. The molecule has 4 rings (SSSR count). The van der Waals surface area contributed by atoms with Crippen molar-refractivity contribution in [2.24, 2.45) is 10.9 Å². The first-order valence-electron chi connectivity index (χ1n) is 7.21. The molecular weight excluding hydrogens is 238 g/mol. The lowest BCUT2D eigenvalue weighted by Gasteiger charge is -2.16. The van der Waals surface area contributed by atoms with Crippen LogP contribution in [0.1, 0.15) is 38.5 Å². The van der Waals surface area contributed by atoms with Crippen LogP contribution in [0.3, 0.4) is 0 Å². The van der Waals surface area contributed by atoms with Crippen LogP contribution in [0, 0.1) is 5.92 Å². The van der Waals surface area contributed by atoms with Crippen LogP contribution >= 0.6 is 0 Å². The molecule has 1 amide bonds. The van der Waals surface area contributed by atoms with E-state index in [9.17, 15) is 4.79 Å². The van der Waals surface area contributed by atoms with Crippen molar-refractivity contribution in [1.29, 1.82) is 0 Å². The van der Waals surface area contributed by atoms with Gasteiger partial charge < -0.3 is 10.6 Å². The molecule has 0 aromatic carbocycles. The standard InChI is InChI=1S/C15H19N3O/c1-16-12-5-4-10-7-15(8-11(10)6-12)14(19)17-13(18-15)9-2-3-9/h6,9,16H,2-5,7-8H2,1H3,(H,17,18,19). The summed E-state index contributed by atoms with van der Waals surface area (Å²) < 4.78 is 0. The Bertz CT molecular complexity index is 554. The zero-order valence-electron chi connectivity index (χ0n) is 11.3. The molecule has 2 N–H and O–H groups in total. The Morgan fingerprint density at radius 1 is 1.37 bits per heavy atom. The van der Waals surface area contributed by atoms with E-state index in [1.54, 1.807) is 0 Å². The van der Waals surface area contributed by atoms with Crippen molar-refractivity contribution in [3.8, 4) is 0 Å². The highest BCUT2D eigenvalue weighted by atomic mass is 16.2. The first-order valence-corrected chi connectivity index (χ1v) is 7.21. The molecule has 100 valence electrons.